The Bertz CT molecular complexity index is 449. The van der Waals surface area contributed by atoms with Crippen molar-refractivity contribution in [1.29, 1.82) is 0 Å². The van der Waals surface area contributed by atoms with Crippen LogP contribution in [0.25, 0.3) is 0 Å². The first kappa shape index (κ1) is 16.4. The zero-order valence-corrected chi connectivity index (χ0v) is 12.4. The molecule has 0 bridgehead atoms. The van der Waals surface area contributed by atoms with Crippen molar-refractivity contribution in [3.63, 3.8) is 0 Å². The van der Waals surface area contributed by atoms with Crippen LogP contribution in [0, 0.1) is 11.2 Å². The van der Waals surface area contributed by atoms with Gasteiger partial charge >= 0.3 is 0 Å². The van der Waals surface area contributed by atoms with Crippen LogP contribution in [0.3, 0.4) is 0 Å². The first-order valence-electron chi connectivity index (χ1n) is 6.71. The van der Waals surface area contributed by atoms with Crippen molar-refractivity contribution in [3.8, 4) is 0 Å². The first-order valence-corrected chi connectivity index (χ1v) is 6.71. The summed E-state index contributed by atoms with van der Waals surface area (Å²) in [5.74, 6) is -0.341. The van der Waals surface area contributed by atoms with E-state index in [4.69, 9.17) is 0 Å². The monoisotopic (exact) mass is 278 g/mol. The Morgan fingerprint density at radius 1 is 1.35 bits per heavy atom. The van der Waals surface area contributed by atoms with E-state index in [-0.39, 0.29) is 29.7 Å². The normalized spacial score (nSPS) is 12.8. The smallest absolute Gasteiger partial charge is 0.234 e. The van der Waals surface area contributed by atoms with E-state index in [2.05, 4.69) is 38.0 Å². The molecule has 2 N–H and O–H groups in total. The second-order valence-corrected chi connectivity index (χ2v) is 5.82. The fraction of sp³-hybridized carbons (Fsp3) is 0.438. The maximum Gasteiger partial charge on any atom is 0.234 e. The standard InChI is InChI=1S/C16H23FN2O/c1-5-10-18-14(20)11-19-15(16(2,3)4)12-6-8-13(17)9-7-12/h5-9,15,19H,1,10-11H2,2-4H3,(H,18,20). The number of nitrogens with one attached hydrogen (secondary N) is 2. The number of amides is 1. The zero-order valence-electron chi connectivity index (χ0n) is 12.4. The van der Waals surface area contributed by atoms with Crippen molar-refractivity contribution >= 4 is 5.91 Å². The fourth-order valence-electron chi connectivity index (χ4n) is 2.02. The molecule has 110 valence electrons. The van der Waals surface area contributed by atoms with Crippen LogP contribution < -0.4 is 10.6 Å². The third kappa shape index (κ3) is 5.13. The van der Waals surface area contributed by atoms with Crippen molar-refractivity contribution < 1.29 is 9.18 Å². The molecule has 0 fully saturated rings. The Hall–Kier alpha value is -1.68. The van der Waals surface area contributed by atoms with Crippen molar-refractivity contribution in [2.45, 2.75) is 26.8 Å². The number of carbonyl (C=O) groups is 1. The second-order valence-electron chi connectivity index (χ2n) is 5.82. The lowest BCUT2D eigenvalue weighted by Crippen LogP contribution is -2.40. The minimum Gasteiger partial charge on any atom is -0.352 e. The number of benzene rings is 1. The van der Waals surface area contributed by atoms with Gasteiger partial charge in [0.25, 0.3) is 0 Å². The van der Waals surface area contributed by atoms with E-state index in [1.54, 1.807) is 18.2 Å². The predicted molar refractivity (Wildman–Crippen MR) is 79.8 cm³/mol. The zero-order chi connectivity index (χ0) is 15.2. The molecule has 20 heavy (non-hydrogen) atoms. The SMILES string of the molecule is C=CCNC(=O)CNC(c1ccc(F)cc1)C(C)(C)C. The van der Waals surface area contributed by atoms with Gasteiger partial charge in [-0.15, -0.1) is 6.58 Å². The molecule has 0 aromatic heterocycles. The average molecular weight is 278 g/mol. The van der Waals surface area contributed by atoms with Gasteiger partial charge < -0.3 is 10.6 Å². The highest BCUT2D eigenvalue weighted by Crippen LogP contribution is 2.32. The molecule has 0 aliphatic rings. The quantitative estimate of drug-likeness (QED) is 0.786. The van der Waals surface area contributed by atoms with Crippen molar-refractivity contribution in [1.82, 2.24) is 10.6 Å². The summed E-state index contributed by atoms with van der Waals surface area (Å²) in [6, 6.07) is 6.35. The van der Waals surface area contributed by atoms with Crippen molar-refractivity contribution in [3.05, 3.63) is 48.3 Å². The van der Waals surface area contributed by atoms with Crippen LogP contribution in [-0.2, 0) is 4.79 Å². The van der Waals surface area contributed by atoms with Crippen LogP contribution in [0.1, 0.15) is 32.4 Å². The summed E-state index contributed by atoms with van der Waals surface area (Å²) in [5, 5.41) is 5.96. The minimum absolute atomic E-state index is 0.0300. The summed E-state index contributed by atoms with van der Waals surface area (Å²) >= 11 is 0. The lowest BCUT2D eigenvalue weighted by Gasteiger charge is -2.32. The third-order valence-electron chi connectivity index (χ3n) is 2.98. The van der Waals surface area contributed by atoms with Crippen molar-refractivity contribution in [2.75, 3.05) is 13.1 Å². The summed E-state index contributed by atoms with van der Waals surface area (Å²) in [7, 11) is 0. The predicted octanol–water partition coefficient (Wildman–Crippen LogP) is 2.80. The number of hydrogen-bond donors (Lipinski definition) is 2. The highest BCUT2D eigenvalue weighted by Gasteiger charge is 2.26. The Kier molecular flexibility index (Phi) is 5.89. The molecule has 1 amide bonds. The van der Waals surface area contributed by atoms with E-state index in [9.17, 15) is 9.18 Å². The Balaban J connectivity index is 2.73. The number of hydrogen-bond acceptors (Lipinski definition) is 2. The fourth-order valence-corrected chi connectivity index (χ4v) is 2.02. The van der Waals surface area contributed by atoms with Crippen LogP contribution in [-0.4, -0.2) is 19.0 Å². The van der Waals surface area contributed by atoms with Crippen LogP contribution >= 0.6 is 0 Å². The van der Waals surface area contributed by atoms with E-state index in [1.807, 2.05) is 0 Å². The molecular formula is C16H23FN2O. The van der Waals surface area contributed by atoms with Crippen molar-refractivity contribution in [2.24, 2.45) is 5.41 Å². The molecule has 0 aliphatic carbocycles. The van der Waals surface area contributed by atoms with E-state index >= 15 is 0 Å². The molecule has 1 atom stereocenters. The van der Waals surface area contributed by atoms with Gasteiger partial charge in [-0.25, -0.2) is 4.39 Å². The molecule has 0 saturated carbocycles. The maximum atomic E-state index is 13.0. The molecule has 0 heterocycles. The van der Waals surface area contributed by atoms with E-state index in [0.29, 0.717) is 6.54 Å². The topological polar surface area (TPSA) is 41.1 Å². The minimum atomic E-state index is -0.259. The lowest BCUT2D eigenvalue weighted by atomic mass is 9.82. The Labute approximate surface area is 120 Å². The Morgan fingerprint density at radius 2 is 1.95 bits per heavy atom. The number of rotatable bonds is 6. The van der Waals surface area contributed by atoms with Gasteiger partial charge in [-0.1, -0.05) is 39.0 Å². The summed E-state index contributed by atoms with van der Waals surface area (Å²) < 4.78 is 13.0. The molecular weight excluding hydrogens is 255 g/mol. The van der Waals surface area contributed by atoms with Gasteiger partial charge in [0.15, 0.2) is 0 Å². The lowest BCUT2D eigenvalue weighted by molar-refractivity contribution is -0.120. The van der Waals surface area contributed by atoms with E-state index in [0.717, 1.165) is 5.56 Å². The molecule has 1 rings (SSSR count). The molecule has 0 radical (unpaired) electrons. The van der Waals surface area contributed by atoms with Crippen LogP contribution in [0.15, 0.2) is 36.9 Å². The highest BCUT2D eigenvalue weighted by molar-refractivity contribution is 5.78. The molecule has 0 aliphatic heterocycles. The highest BCUT2D eigenvalue weighted by atomic mass is 19.1. The number of carbonyl (C=O) groups excluding carboxylic acids is 1. The van der Waals surface area contributed by atoms with Gasteiger partial charge in [0.2, 0.25) is 5.91 Å². The summed E-state index contributed by atoms with van der Waals surface area (Å²) in [6.07, 6.45) is 1.64. The van der Waals surface area contributed by atoms with E-state index < -0.39 is 0 Å². The Morgan fingerprint density at radius 3 is 2.45 bits per heavy atom. The maximum absolute atomic E-state index is 13.0. The van der Waals surface area contributed by atoms with Gasteiger partial charge in [-0.05, 0) is 23.1 Å². The van der Waals surface area contributed by atoms with Gasteiger partial charge in [0, 0.05) is 12.6 Å². The van der Waals surface area contributed by atoms with Gasteiger partial charge in [-0.2, -0.15) is 0 Å². The molecule has 1 aromatic rings. The van der Waals surface area contributed by atoms with Crippen LogP contribution in [0.5, 0.6) is 0 Å². The first-order chi connectivity index (χ1) is 9.34. The molecule has 0 spiro atoms. The number of halogens is 1. The molecule has 3 nitrogen and oxygen atoms in total. The summed E-state index contributed by atoms with van der Waals surface area (Å²) in [6.45, 7) is 10.5. The van der Waals surface area contributed by atoms with Crippen LogP contribution in [0.2, 0.25) is 0 Å². The molecule has 0 saturated heterocycles. The van der Waals surface area contributed by atoms with Gasteiger partial charge in [0.1, 0.15) is 5.82 Å². The molecule has 1 aromatic carbocycles. The van der Waals surface area contributed by atoms with Gasteiger partial charge in [0.05, 0.1) is 6.54 Å². The van der Waals surface area contributed by atoms with Gasteiger partial charge in [-0.3, -0.25) is 4.79 Å². The molecule has 1 unspecified atom stereocenters. The molecule has 4 heteroatoms. The third-order valence-corrected chi connectivity index (χ3v) is 2.98. The summed E-state index contributed by atoms with van der Waals surface area (Å²) in [4.78, 5) is 11.6. The van der Waals surface area contributed by atoms with Crippen LogP contribution in [0.4, 0.5) is 4.39 Å². The second kappa shape index (κ2) is 7.20. The van der Waals surface area contributed by atoms with E-state index in [1.165, 1.54) is 12.1 Å². The average Bonchev–Trinajstić information content (AvgIpc) is 2.37. The summed E-state index contributed by atoms with van der Waals surface area (Å²) in [5.41, 5.74) is 0.881. The largest absolute Gasteiger partial charge is 0.352 e.